The second kappa shape index (κ2) is 4.63. The van der Waals surface area contributed by atoms with Crippen LogP contribution in [0.1, 0.15) is 38.3 Å². The molecule has 0 amide bonds. The lowest BCUT2D eigenvalue weighted by Gasteiger charge is -2.32. The van der Waals surface area contributed by atoms with Gasteiger partial charge < -0.3 is 9.84 Å². The van der Waals surface area contributed by atoms with E-state index in [9.17, 15) is 4.79 Å². The molecule has 0 bridgehead atoms. The number of carboxylic acid groups (broad SMARTS) is 1. The summed E-state index contributed by atoms with van der Waals surface area (Å²) in [5, 5.41) is 8.93. The summed E-state index contributed by atoms with van der Waals surface area (Å²) >= 11 is 0. The molecule has 98 valence electrons. The van der Waals surface area contributed by atoms with Gasteiger partial charge in [0, 0.05) is 0 Å². The van der Waals surface area contributed by atoms with Crippen LogP contribution in [0.5, 0.6) is 5.75 Å². The number of fused-ring (bicyclic) bond motifs is 1. The van der Waals surface area contributed by atoms with E-state index in [0.29, 0.717) is 6.42 Å². The average Bonchev–Trinajstić information content (AvgIpc) is 2.27. The zero-order valence-electron chi connectivity index (χ0n) is 11.2. The van der Waals surface area contributed by atoms with Crippen LogP contribution in [0, 0.1) is 5.92 Å². The van der Waals surface area contributed by atoms with E-state index in [1.54, 1.807) is 6.92 Å². The normalized spacial score (nSPS) is 18.6. The van der Waals surface area contributed by atoms with Gasteiger partial charge in [0.15, 0.2) is 0 Å². The Kier molecular flexibility index (Phi) is 3.33. The van der Waals surface area contributed by atoms with E-state index in [-0.39, 0.29) is 11.5 Å². The minimum absolute atomic E-state index is 0.121. The van der Waals surface area contributed by atoms with E-state index in [1.165, 1.54) is 5.56 Å². The van der Waals surface area contributed by atoms with Crippen LogP contribution >= 0.6 is 0 Å². The first-order valence-electron chi connectivity index (χ1n) is 6.41. The molecule has 1 aliphatic rings. The minimum Gasteiger partial charge on any atom is -0.488 e. The number of aliphatic carboxylic acids is 1. The van der Waals surface area contributed by atoms with Gasteiger partial charge in [-0.25, -0.2) is 0 Å². The second-order valence-corrected chi connectivity index (χ2v) is 5.75. The summed E-state index contributed by atoms with van der Waals surface area (Å²) in [7, 11) is 0. The van der Waals surface area contributed by atoms with Gasteiger partial charge in [0.25, 0.3) is 0 Å². The molecule has 1 aromatic rings. The van der Waals surface area contributed by atoms with Crippen molar-refractivity contribution in [3.8, 4) is 5.75 Å². The van der Waals surface area contributed by atoms with E-state index >= 15 is 0 Å². The van der Waals surface area contributed by atoms with Crippen molar-refractivity contribution in [1.82, 2.24) is 0 Å². The summed E-state index contributed by atoms with van der Waals surface area (Å²) in [5.74, 6) is -0.199. The van der Waals surface area contributed by atoms with E-state index in [0.717, 1.165) is 24.2 Å². The number of carboxylic acids is 1. The SMILES string of the molecule is CC(Cc1ccc2c(c1)OC(C)(C)CC2)C(=O)O. The minimum atomic E-state index is -0.756. The molecular formula is C15H20O3. The number of carbonyl (C=O) groups is 1. The van der Waals surface area contributed by atoms with Gasteiger partial charge in [-0.15, -0.1) is 0 Å². The Morgan fingerprint density at radius 1 is 1.50 bits per heavy atom. The molecule has 0 saturated heterocycles. The standard InChI is InChI=1S/C15H20O3/c1-10(14(16)17)8-11-4-5-12-6-7-15(2,3)18-13(12)9-11/h4-5,9-10H,6-8H2,1-3H3,(H,16,17). The Hall–Kier alpha value is -1.51. The highest BCUT2D eigenvalue weighted by Crippen LogP contribution is 2.33. The maximum atomic E-state index is 10.9. The molecule has 0 fully saturated rings. The van der Waals surface area contributed by atoms with Crippen molar-refractivity contribution in [2.24, 2.45) is 5.92 Å². The number of hydrogen-bond acceptors (Lipinski definition) is 2. The quantitative estimate of drug-likeness (QED) is 0.894. The largest absolute Gasteiger partial charge is 0.488 e. The molecule has 3 nitrogen and oxygen atoms in total. The van der Waals surface area contributed by atoms with Crippen LogP contribution in [-0.4, -0.2) is 16.7 Å². The molecule has 1 N–H and O–H groups in total. The van der Waals surface area contributed by atoms with E-state index < -0.39 is 5.97 Å². The number of ether oxygens (including phenoxy) is 1. The summed E-state index contributed by atoms with van der Waals surface area (Å²) < 4.78 is 5.95. The molecule has 1 aliphatic heterocycles. The van der Waals surface area contributed by atoms with Crippen LogP contribution in [0.25, 0.3) is 0 Å². The fourth-order valence-electron chi connectivity index (χ4n) is 2.25. The van der Waals surface area contributed by atoms with Gasteiger partial charge in [0.2, 0.25) is 0 Å². The molecule has 3 heteroatoms. The van der Waals surface area contributed by atoms with Crippen LogP contribution in [0.4, 0.5) is 0 Å². The van der Waals surface area contributed by atoms with Crippen LogP contribution in [0.3, 0.4) is 0 Å². The van der Waals surface area contributed by atoms with Crippen LogP contribution in [-0.2, 0) is 17.6 Å². The molecule has 18 heavy (non-hydrogen) atoms. The van der Waals surface area contributed by atoms with E-state index in [1.807, 2.05) is 12.1 Å². The fourth-order valence-corrected chi connectivity index (χ4v) is 2.25. The van der Waals surface area contributed by atoms with Crippen molar-refractivity contribution >= 4 is 5.97 Å². The molecule has 1 heterocycles. The summed E-state index contributed by atoms with van der Waals surface area (Å²) in [5.41, 5.74) is 2.13. The van der Waals surface area contributed by atoms with E-state index in [4.69, 9.17) is 9.84 Å². The molecule has 1 unspecified atom stereocenters. The molecule has 0 spiro atoms. The molecule has 1 aromatic carbocycles. The lowest BCUT2D eigenvalue weighted by atomic mass is 9.92. The van der Waals surface area contributed by atoms with Crippen molar-refractivity contribution in [2.75, 3.05) is 0 Å². The molecule has 1 atom stereocenters. The second-order valence-electron chi connectivity index (χ2n) is 5.75. The Morgan fingerprint density at radius 2 is 2.22 bits per heavy atom. The van der Waals surface area contributed by atoms with Crippen molar-refractivity contribution < 1.29 is 14.6 Å². The van der Waals surface area contributed by atoms with Crippen molar-refractivity contribution in [2.45, 2.75) is 45.6 Å². The van der Waals surface area contributed by atoms with Crippen LogP contribution in [0.2, 0.25) is 0 Å². The fraction of sp³-hybridized carbons (Fsp3) is 0.533. The molecule has 0 saturated carbocycles. The highest BCUT2D eigenvalue weighted by atomic mass is 16.5. The third-order valence-corrected chi connectivity index (χ3v) is 3.48. The number of rotatable bonds is 3. The van der Waals surface area contributed by atoms with Gasteiger partial charge in [0.1, 0.15) is 11.4 Å². The lowest BCUT2D eigenvalue weighted by molar-refractivity contribution is -0.141. The van der Waals surface area contributed by atoms with Crippen molar-refractivity contribution in [3.05, 3.63) is 29.3 Å². The highest BCUT2D eigenvalue weighted by molar-refractivity contribution is 5.69. The zero-order chi connectivity index (χ0) is 13.3. The smallest absolute Gasteiger partial charge is 0.306 e. The van der Waals surface area contributed by atoms with Gasteiger partial charge in [-0.2, -0.15) is 0 Å². The topological polar surface area (TPSA) is 46.5 Å². The summed E-state index contributed by atoms with van der Waals surface area (Å²) in [6.07, 6.45) is 2.59. The first-order chi connectivity index (χ1) is 8.37. The van der Waals surface area contributed by atoms with Crippen molar-refractivity contribution in [3.63, 3.8) is 0 Å². The van der Waals surface area contributed by atoms with Gasteiger partial charge in [0.05, 0.1) is 5.92 Å². The van der Waals surface area contributed by atoms with Crippen LogP contribution in [0.15, 0.2) is 18.2 Å². The van der Waals surface area contributed by atoms with Crippen molar-refractivity contribution in [1.29, 1.82) is 0 Å². The molecule has 0 aromatic heterocycles. The monoisotopic (exact) mass is 248 g/mol. The first-order valence-corrected chi connectivity index (χ1v) is 6.41. The molecule has 2 rings (SSSR count). The third kappa shape index (κ3) is 2.84. The Morgan fingerprint density at radius 3 is 2.89 bits per heavy atom. The van der Waals surface area contributed by atoms with Gasteiger partial charge in [-0.05, 0) is 50.3 Å². The highest BCUT2D eigenvalue weighted by Gasteiger charge is 2.26. The van der Waals surface area contributed by atoms with E-state index in [2.05, 4.69) is 19.9 Å². The van der Waals surface area contributed by atoms with Crippen LogP contribution < -0.4 is 4.74 Å². The number of benzene rings is 1. The Balaban J connectivity index is 2.19. The molecule has 0 aliphatic carbocycles. The Labute approximate surface area is 108 Å². The Bertz CT molecular complexity index is 463. The predicted molar refractivity (Wildman–Crippen MR) is 70.0 cm³/mol. The summed E-state index contributed by atoms with van der Waals surface area (Å²) in [6, 6.07) is 6.07. The van der Waals surface area contributed by atoms with Gasteiger partial charge >= 0.3 is 5.97 Å². The maximum absolute atomic E-state index is 10.9. The number of hydrogen-bond donors (Lipinski definition) is 1. The zero-order valence-corrected chi connectivity index (χ0v) is 11.2. The first kappa shape index (κ1) is 12.9. The summed E-state index contributed by atoms with van der Waals surface area (Å²) in [4.78, 5) is 10.9. The van der Waals surface area contributed by atoms with Gasteiger partial charge in [-0.1, -0.05) is 19.1 Å². The summed E-state index contributed by atoms with van der Waals surface area (Å²) in [6.45, 7) is 5.90. The molecular weight excluding hydrogens is 228 g/mol. The average molecular weight is 248 g/mol. The third-order valence-electron chi connectivity index (χ3n) is 3.48. The molecule has 0 radical (unpaired) electrons. The lowest BCUT2D eigenvalue weighted by Crippen LogP contribution is -2.32. The maximum Gasteiger partial charge on any atom is 0.306 e. The predicted octanol–water partition coefficient (Wildman–Crippen LogP) is 3.05. The van der Waals surface area contributed by atoms with Gasteiger partial charge in [-0.3, -0.25) is 4.79 Å². The number of aryl methyl sites for hydroxylation is 1.